The predicted molar refractivity (Wildman–Crippen MR) is 108 cm³/mol. The van der Waals surface area contributed by atoms with Gasteiger partial charge < -0.3 is 16.4 Å². The summed E-state index contributed by atoms with van der Waals surface area (Å²) in [6, 6.07) is 10.1. The first-order chi connectivity index (χ1) is 12.0. The molecule has 2 aromatic carbocycles. The van der Waals surface area contributed by atoms with E-state index in [1.165, 1.54) is 0 Å². The zero-order chi connectivity index (χ0) is 19.5. The molecule has 2 rings (SSSR count). The molecule has 0 fully saturated rings. The second-order valence-corrected chi connectivity index (χ2v) is 7.92. The van der Waals surface area contributed by atoms with Crippen molar-refractivity contribution in [3.63, 3.8) is 0 Å². The van der Waals surface area contributed by atoms with E-state index in [0.717, 1.165) is 5.56 Å². The van der Waals surface area contributed by atoms with Crippen LogP contribution in [-0.2, 0) is 4.79 Å². The molecule has 0 spiro atoms. The van der Waals surface area contributed by atoms with Gasteiger partial charge in [0, 0.05) is 23.5 Å². The Balaban J connectivity index is 2.19. The number of rotatable bonds is 4. The minimum absolute atomic E-state index is 0.113. The number of nitrogens with one attached hydrogen (secondary N) is 2. The third-order valence-electron chi connectivity index (χ3n) is 3.70. The first-order valence-corrected chi connectivity index (χ1v) is 8.70. The maximum Gasteiger partial charge on any atom is 0.257 e. The van der Waals surface area contributed by atoms with Gasteiger partial charge in [-0.2, -0.15) is 0 Å². The lowest BCUT2D eigenvalue weighted by Gasteiger charge is -2.17. The highest BCUT2D eigenvalue weighted by atomic mass is 35.5. The molecular weight excluding hydrogens is 350 g/mol. The van der Waals surface area contributed by atoms with E-state index >= 15 is 0 Å². The van der Waals surface area contributed by atoms with E-state index < -0.39 is 0 Å². The number of amides is 2. The molecular formula is C20H24ClN3O2. The molecule has 6 heteroatoms. The summed E-state index contributed by atoms with van der Waals surface area (Å²) in [4.78, 5) is 24.7. The third-order valence-corrected chi connectivity index (χ3v) is 4.03. The molecule has 0 saturated heterocycles. The van der Waals surface area contributed by atoms with Gasteiger partial charge in [-0.15, -0.1) is 0 Å². The number of aryl methyl sites for hydroxylation is 1. The fraction of sp³-hybridized carbons (Fsp3) is 0.300. The third kappa shape index (κ3) is 5.49. The van der Waals surface area contributed by atoms with Crippen LogP contribution in [0.5, 0.6) is 0 Å². The number of benzene rings is 2. The lowest BCUT2D eigenvalue weighted by atomic mass is 9.92. The largest absolute Gasteiger partial charge is 0.399 e. The monoisotopic (exact) mass is 373 g/mol. The second-order valence-electron chi connectivity index (χ2n) is 7.51. The van der Waals surface area contributed by atoms with Crippen LogP contribution in [0.3, 0.4) is 0 Å². The van der Waals surface area contributed by atoms with Gasteiger partial charge in [0.1, 0.15) is 0 Å². The molecule has 0 aromatic heterocycles. The molecule has 0 atom stereocenters. The molecule has 5 nitrogen and oxygen atoms in total. The molecule has 0 bridgehead atoms. The zero-order valence-corrected chi connectivity index (χ0v) is 16.2. The summed E-state index contributed by atoms with van der Waals surface area (Å²) in [6.07, 6.45) is 0.375. The Labute approximate surface area is 158 Å². The number of hydrogen-bond acceptors (Lipinski definition) is 3. The number of carbonyl (C=O) groups is 2. The van der Waals surface area contributed by atoms with Crippen LogP contribution in [0.1, 0.15) is 43.1 Å². The van der Waals surface area contributed by atoms with Gasteiger partial charge in [0.25, 0.3) is 5.91 Å². The number of anilines is 3. The van der Waals surface area contributed by atoms with Crippen LogP contribution < -0.4 is 16.4 Å². The molecule has 0 aliphatic heterocycles. The molecule has 0 radical (unpaired) electrons. The Hall–Kier alpha value is -2.53. The summed E-state index contributed by atoms with van der Waals surface area (Å²) in [5, 5.41) is 5.92. The van der Waals surface area contributed by atoms with Crippen LogP contribution in [0.15, 0.2) is 36.4 Å². The summed E-state index contributed by atoms with van der Waals surface area (Å²) in [7, 11) is 0. The van der Waals surface area contributed by atoms with Gasteiger partial charge >= 0.3 is 0 Å². The lowest BCUT2D eigenvalue weighted by Crippen LogP contribution is -2.20. The fourth-order valence-corrected chi connectivity index (χ4v) is 2.63. The lowest BCUT2D eigenvalue weighted by molar-refractivity contribution is -0.117. The number of hydrogen-bond donors (Lipinski definition) is 3. The number of carbonyl (C=O) groups excluding carboxylic acids is 2. The highest BCUT2D eigenvalue weighted by Crippen LogP contribution is 2.25. The van der Waals surface area contributed by atoms with Crippen LogP contribution in [0, 0.1) is 12.3 Å². The van der Waals surface area contributed by atoms with Crippen molar-refractivity contribution in [1.82, 2.24) is 0 Å². The van der Waals surface area contributed by atoms with E-state index in [-0.39, 0.29) is 22.8 Å². The topological polar surface area (TPSA) is 84.2 Å². The van der Waals surface area contributed by atoms with Crippen molar-refractivity contribution in [3.8, 4) is 0 Å². The number of nitrogen functional groups attached to an aromatic ring is 1. The first kappa shape index (κ1) is 19.8. The second kappa shape index (κ2) is 7.79. The predicted octanol–water partition coefficient (Wildman–Crippen LogP) is 4.86. The molecule has 0 unspecified atom stereocenters. The Bertz CT molecular complexity index is 841. The van der Waals surface area contributed by atoms with Gasteiger partial charge in [-0.05, 0) is 48.2 Å². The van der Waals surface area contributed by atoms with Gasteiger partial charge in [-0.25, -0.2) is 0 Å². The summed E-state index contributed by atoms with van der Waals surface area (Å²) < 4.78 is 0. The number of nitrogens with two attached hydrogens (primary N) is 1. The van der Waals surface area contributed by atoms with Crippen molar-refractivity contribution in [2.45, 2.75) is 34.1 Å². The van der Waals surface area contributed by atoms with Gasteiger partial charge in [-0.1, -0.05) is 38.4 Å². The Morgan fingerprint density at radius 2 is 1.77 bits per heavy atom. The van der Waals surface area contributed by atoms with Crippen molar-refractivity contribution in [2.75, 3.05) is 16.4 Å². The molecule has 2 aromatic rings. The smallest absolute Gasteiger partial charge is 0.257 e. The molecule has 0 saturated carbocycles. The molecule has 26 heavy (non-hydrogen) atoms. The van der Waals surface area contributed by atoms with E-state index in [1.807, 2.05) is 33.8 Å². The molecule has 4 N–H and O–H groups in total. The molecule has 138 valence electrons. The zero-order valence-electron chi connectivity index (χ0n) is 15.4. The van der Waals surface area contributed by atoms with Crippen LogP contribution in [0.2, 0.25) is 5.02 Å². The fourth-order valence-electron chi connectivity index (χ4n) is 2.43. The summed E-state index contributed by atoms with van der Waals surface area (Å²) in [6.45, 7) is 7.84. The van der Waals surface area contributed by atoms with Gasteiger partial charge in [0.2, 0.25) is 5.91 Å². The van der Waals surface area contributed by atoms with Crippen molar-refractivity contribution in [3.05, 3.63) is 52.5 Å². The average Bonchev–Trinajstić information content (AvgIpc) is 2.51. The highest BCUT2D eigenvalue weighted by Gasteiger charge is 2.17. The van der Waals surface area contributed by atoms with Gasteiger partial charge in [0.05, 0.1) is 10.6 Å². The maximum absolute atomic E-state index is 12.6. The van der Waals surface area contributed by atoms with Gasteiger partial charge in [-0.3, -0.25) is 9.59 Å². The SMILES string of the molecule is Cc1ccc(N)cc1NC(=O)c1cc(NC(=O)CC(C)(C)C)ccc1Cl. The van der Waals surface area contributed by atoms with Crippen LogP contribution in [0.25, 0.3) is 0 Å². The molecule has 2 amide bonds. The Morgan fingerprint density at radius 1 is 1.08 bits per heavy atom. The minimum Gasteiger partial charge on any atom is -0.399 e. The summed E-state index contributed by atoms with van der Waals surface area (Å²) in [5.41, 5.74) is 8.52. The quantitative estimate of drug-likeness (QED) is 0.669. The van der Waals surface area contributed by atoms with E-state index in [2.05, 4.69) is 10.6 Å². The van der Waals surface area contributed by atoms with E-state index in [0.29, 0.717) is 28.5 Å². The van der Waals surface area contributed by atoms with Crippen LogP contribution in [0.4, 0.5) is 17.1 Å². The van der Waals surface area contributed by atoms with Crippen molar-refractivity contribution in [2.24, 2.45) is 5.41 Å². The van der Waals surface area contributed by atoms with Crippen LogP contribution >= 0.6 is 11.6 Å². The van der Waals surface area contributed by atoms with E-state index in [9.17, 15) is 9.59 Å². The van der Waals surface area contributed by atoms with Crippen LogP contribution in [-0.4, -0.2) is 11.8 Å². The summed E-state index contributed by atoms with van der Waals surface area (Å²) in [5.74, 6) is -0.478. The number of halogens is 1. The van der Waals surface area contributed by atoms with Crippen molar-refractivity contribution < 1.29 is 9.59 Å². The maximum atomic E-state index is 12.6. The highest BCUT2D eigenvalue weighted by molar-refractivity contribution is 6.34. The van der Waals surface area contributed by atoms with Gasteiger partial charge in [0.15, 0.2) is 0 Å². The Morgan fingerprint density at radius 3 is 2.42 bits per heavy atom. The van der Waals surface area contributed by atoms with Crippen molar-refractivity contribution >= 4 is 40.5 Å². The Kier molecular flexibility index (Phi) is 5.93. The average molecular weight is 374 g/mol. The standard InChI is InChI=1S/C20H24ClN3O2/c1-12-5-6-13(22)9-17(12)24-19(26)15-10-14(7-8-16(15)21)23-18(25)11-20(2,3)4/h5-10H,11,22H2,1-4H3,(H,23,25)(H,24,26). The molecule has 0 heterocycles. The first-order valence-electron chi connectivity index (χ1n) is 8.32. The van der Waals surface area contributed by atoms with E-state index in [4.69, 9.17) is 17.3 Å². The molecule has 0 aliphatic rings. The summed E-state index contributed by atoms with van der Waals surface area (Å²) >= 11 is 6.17. The normalized spacial score (nSPS) is 11.1. The molecule has 0 aliphatic carbocycles. The minimum atomic E-state index is -0.365. The van der Waals surface area contributed by atoms with E-state index in [1.54, 1.807) is 30.3 Å². The van der Waals surface area contributed by atoms with Crippen molar-refractivity contribution in [1.29, 1.82) is 0 Å².